The summed E-state index contributed by atoms with van der Waals surface area (Å²) in [5.41, 5.74) is 4.57. The average molecular weight is 536 g/mol. The molecule has 0 saturated carbocycles. The molecule has 0 aliphatic carbocycles. The van der Waals surface area contributed by atoms with Crippen molar-refractivity contribution in [2.75, 3.05) is 18.0 Å². The molecule has 0 saturated heterocycles. The van der Waals surface area contributed by atoms with Gasteiger partial charge in [-0.15, -0.1) is 0 Å². The summed E-state index contributed by atoms with van der Waals surface area (Å²) in [6.07, 6.45) is 0.654. The number of amides is 2. The Morgan fingerprint density at radius 3 is 2.46 bits per heavy atom. The van der Waals surface area contributed by atoms with Gasteiger partial charge in [-0.05, 0) is 59.7 Å². The zero-order valence-electron chi connectivity index (χ0n) is 22.1. The molecule has 3 N–H and O–H groups in total. The Hall–Kier alpha value is -3.62. The second kappa shape index (κ2) is 13.4. The van der Waals surface area contributed by atoms with Gasteiger partial charge in [-0.25, -0.2) is 8.78 Å². The van der Waals surface area contributed by atoms with Crippen LogP contribution in [0.3, 0.4) is 0 Å². The molecule has 4 rings (SSSR count). The van der Waals surface area contributed by atoms with E-state index in [1.54, 1.807) is 4.90 Å². The van der Waals surface area contributed by atoms with Gasteiger partial charge in [0, 0.05) is 44.2 Å². The van der Waals surface area contributed by atoms with Crippen LogP contribution >= 0.6 is 0 Å². The molecule has 0 radical (unpaired) electrons. The Labute approximate surface area is 228 Å². The third kappa shape index (κ3) is 7.94. The van der Waals surface area contributed by atoms with Crippen LogP contribution in [0.15, 0.2) is 66.7 Å². The quantitative estimate of drug-likeness (QED) is 0.327. The molecule has 39 heavy (non-hydrogen) atoms. The maximum Gasteiger partial charge on any atom is 0.227 e. The second-order valence-electron chi connectivity index (χ2n) is 9.95. The van der Waals surface area contributed by atoms with Crippen LogP contribution < -0.4 is 15.5 Å². The van der Waals surface area contributed by atoms with Crippen molar-refractivity contribution in [2.24, 2.45) is 0 Å². The lowest BCUT2D eigenvalue weighted by Crippen LogP contribution is -2.48. The van der Waals surface area contributed by atoms with Crippen LogP contribution in [0, 0.1) is 11.6 Å². The number of fused-ring (bicyclic) bond motifs is 1. The number of carbonyl (C=O) groups is 2. The fourth-order valence-corrected chi connectivity index (χ4v) is 4.96. The zero-order chi connectivity index (χ0) is 27.8. The SMILES string of the molecule is CCc1cccc(CNC[C@@H](O)[C@H](Cc2cc(F)cc(F)c2)NC(=O)CCC(=O)N2CCc3ccccc32)c1. The molecular weight excluding hydrogens is 500 g/mol. The highest BCUT2D eigenvalue weighted by atomic mass is 19.1. The van der Waals surface area contributed by atoms with Crippen molar-refractivity contribution in [3.05, 3.63) is 101 Å². The van der Waals surface area contributed by atoms with E-state index >= 15 is 0 Å². The normalized spacial score (nSPS) is 14.1. The number of nitrogens with zero attached hydrogens (tertiary/aromatic N) is 1. The van der Waals surface area contributed by atoms with E-state index in [-0.39, 0.29) is 31.7 Å². The highest BCUT2D eigenvalue weighted by molar-refractivity contribution is 5.97. The lowest BCUT2D eigenvalue weighted by atomic mass is 10.00. The molecule has 3 aromatic rings. The lowest BCUT2D eigenvalue weighted by Gasteiger charge is -2.25. The van der Waals surface area contributed by atoms with Gasteiger partial charge in [-0.2, -0.15) is 0 Å². The fourth-order valence-electron chi connectivity index (χ4n) is 4.96. The third-order valence-corrected chi connectivity index (χ3v) is 7.03. The average Bonchev–Trinajstić information content (AvgIpc) is 3.35. The third-order valence-electron chi connectivity index (χ3n) is 7.03. The predicted octanol–water partition coefficient (Wildman–Crippen LogP) is 4.07. The number of aryl methyl sites for hydroxylation is 1. The van der Waals surface area contributed by atoms with Crippen LogP contribution in [0.5, 0.6) is 0 Å². The standard InChI is InChI=1S/C31H35F2N3O3/c1-2-21-6-5-7-22(14-21)19-34-20-29(37)27(17-23-15-25(32)18-26(33)16-23)35-30(38)10-11-31(39)36-13-12-24-8-3-4-9-28(24)36/h3-9,14-16,18,27,29,34,37H,2,10-13,17,19-20H2,1H3,(H,35,38)/t27-,29+/m0/s1. The molecule has 0 bridgehead atoms. The maximum atomic E-state index is 13.8. The van der Waals surface area contributed by atoms with Crippen LogP contribution in [0.1, 0.15) is 42.0 Å². The molecule has 0 aromatic heterocycles. The smallest absolute Gasteiger partial charge is 0.227 e. The van der Waals surface area contributed by atoms with Crippen LogP contribution in [0.2, 0.25) is 0 Å². The van der Waals surface area contributed by atoms with Gasteiger partial charge >= 0.3 is 0 Å². The fraction of sp³-hybridized carbons (Fsp3) is 0.355. The van der Waals surface area contributed by atoms with Crippen LogP contribution in [0.25, 0.3) is 0 Å². The van der Waals surface area contributed by atoms with Crippen molar-refractivity contribution in [3.8, 4) is 0 Å². The Morgan fingerprint density at radius 1 is 0.949 bits per heavy atom. The number of halogens is 2. The molecule has 2 amide bonds. The molecule has 0 fully saturated rings. The summed E-state index contributed by atoms with van der Waals surface area (Å²) in [6, 6.07) is 18.2. The van der Waals surface area contributed by atoms with Crippen molar-refractivity contribution in [2.45, 2.75) is 57.7 Å². The maximum absolute atomic E-state index is 13.8. The minimum absolute atomic E-state index is 0.0175. The minimum atomic E-state index is -1.03. The van der Waals surface area contributed by atoms with E-state index in [4.69, 9.17) is 0 Å². The summed E-state index contributed by atoms with van der Waals surface area (Å²) in [6.45, 7) is 3.34. The van der Waals surface area contributed by atoms with Gasteiger partial charge in [0.05, 0.1) is 12.1 Å². The molecule has 1 aliphatic rings. The van der Waals surface area contributed by atoms with Crippen molar-refractivity contribution < 1.29 is 23.5 Å². The number of carbonyl (C=O) groups excluding carboxylic acids is 2. The van der Waals surface area contributed by atoms with Crippen molar-refractivity contribution in [3.63, 3.8) is 0 Å². The molecule has 1 heterocycles. The number of hydrogen-bond donors (Lipinski definition) is 3. The summed E-state index contributed by atoms with van der Waals surface area (Å²) in [5.74, 6) is -2.01. The monoisotopic (exact) mass is 535 g/mol. The van der Waals surface area contributed by atoms with Crippen LogP contribution in [-0.2, 0) is 35.4 Å². The van der Waals surface area contributed by atoms with E-state index in [2.05, 4.69) is 29.7 Å². The molecule has 0 unspecified atom stereocenters. The highest BCUT2D eigenvalue weighted by Gasteiger charge is 2.26. The first kappa shape index (κ1) is 28.4. The van der Waals surface area contributed by atoms with Gasteiger partial charge in [0.15, 0.2) is 0 Å². The number of benzene rings is 3. The Bertz CT molecular complexity index is 1280. The van der Waals surface area contributed by atoms with Crippen molar-refractivity contribution in [1.29, 1.82) is 0 Å². The summed E-state index contributed by atoms with van der Waals surface area (Å²) in [5, 5.41) is 16.9. The molecule has 206 valence electrons. The van der Waals surface area contributed by atoms with E-state index in [9.17, 15) is 23.5 Å². The first-order valence-electron chi connectivity index (χ1n) is 13.4. The summed E-state index contributed by atoms with van der Waals surface area (Å²) >= 11 is 0. The van der Waals surface area contributed by atoms with Crippen molar-refractivity contribution >= 4 is 17.5 Å². The Kier molecular flexibility index (Phi) is 9.79. The van der Waals surface area contributed by atoms with Gasteiger partial charge in [0.2, 0.25) is 11.8 Å². The molecule has 8 heteroatoms. The largest absolute Gasteiger partial charge is 0.390 e. The molecule has 6 nitrogen and oxygen atoms in total. The highest BCUT2D eigenvalue weighted by Crippen LogP contribution is 2.28. The van der Waals surface area contributed by atoms with E-state index in [0.717, 1.165) is 35.7 Å². The van der Waals surface area contributed by atoms with Crippen LogP contribution in [-0.4, -0.2) is 42.2 Å². The number of para-hydroxylation sites is 1. The Morgan fingerprint density at radius 2 is 1.69 bits per heavy atom. The molecular formula is C31H35F2N3O3. The van der Waals surface area contributed by atoms with Gasteiger partial charge < -0.3 is 20.6 Å². The molecule has 3 aromatic carbocycles. The number of hydrogen-bond acceptors (Lipinski definition) is 4. The predicted molar refractivity (Wildman–Crippen MR) is 147 cm³/mol. The minimum Gasteiger partial charge on any atom is -0.390 e. The molecule has 0 spiro atoms. The number of rotatable bonds is 12. The van der Waals surface area contributed by atoms with Gasteiger partial charge in [0.25, 0.3) is 0 Å². The molecule has 1 aliphatic heterocycles. The lowest BCUT2D eigenvalue weighted by molar-refractivity contribution is -0.126. The summed E-state index contributed by atoms with van der Waals surface area (Å²) in [4.78, 5) is 27.4. The first-order valence-corrected chi connectivity index (χ1v) is 13.4. The summed E-state index contributed by atoms with van der Waals surface area (Å²) in [7, 11) is 0. The van der Waals surface area contributed by atoms with Gasteiger partial charge in [-0.3, -0.25) is 9.59 Å². The van der Waals surface area contributed by atoms with E-state index < -0.39 is 29.7 Å². The van der Waals surface area contributed by atoms with E-state index in [1.165, 1.54) is 17.7 Å². The second-order valence-corrected chi connectivity index (χ2v) is 9.95. The molecule has 2 atom stereocenters. The Balaban J connectivity index is 1.36. The summed E-state index contributed by atoms with van der Waals surface area (Å²) < 4.78 is 27.6. The van der Waals surface area contributed by atoms with Gasteiger partial charge in [0.1, 0.15) is 11.6 Å². The zero-order valence-corrected chi connectivity index (χ0v) is 22.1. The van der Waals surface area contributed by atoms with Crippen molar-refractivity contribution in [1.82, 2.24) is 10.6 Å². The topological polar surface area (TPSA) is 81.7 Å². The van der Waals surface area contributed by atoms with E-state index in [0.29, 0.717) is 18.7 Å². The van der Waals surface area contributed by atoms with Crippen LogP contribution in [0.4, 0.5) is 14.5 Å². The van der Waals surface area contributed by atoms with Gasteiger partial charge in [-0.1, -0.05) is 49.4 Å². The number of anilines is 1. The first-order chi connectivity index (χ1) is 18.8. The number of nitrogens with one attached hydrogen (secondary N) is 2. The number of aliphatic hydroxyl groups is 1. The van der Waals surface area contributed by atoms with E-state index in [1.807, 2.05) is 36.4 Å². The number of aliphatic hydroxyl groups excluding tert-OH is 1.